The molecule has 4 aromatic rings. The highest BCUT2D eigenvalue weighted by Crippen LogP contribution is 2.25. The summed E-state index contributed by atoms with van der Waals surface area (Å²) in [5, 5.41) is 10.1. The third-order valence-corrected chi connectivity index (χ3v) is 4.71. The number of nitrogens with two attached hydrogens (primary N) is 1. The molecule has 2 aromatic carbocycles. The van der Waals surface area contributed by atoms with Crippen molar-refractivity contribution in [3.05, 3.63) is 84.4 Å². The Hall–Kier alpha value is -4.40. The van der Waals surface area contributed by atoms with Gasteiger partial charge in [-0.1, -0.05) is 19.9 Å². The maximum atomic E-state index is 13.7. The summed E-state index contributed by atoms with van der Waals surface area (Å²) >= 11 is 0. The molecule has 2 aromatic heterocycles. The summed E-state index contributed by atoms with van der Waals surface area (Å²) in [7, 11) is 0. The molecule has 168 valence electrons. The van der Waals surface area contributed by atoms with Crippen LogP contribution in [0.4, 0.5) is 26.5 Å². The second-order valence-corrected chi connectivity index (χ2v) is 7.62. The second kappa shape index (κ2) is 9.39. The zero-order valence-electron chi connectivity index (χ0n) is 18.1. The molecule has 0 atom stereocenters. The van der Waals surface area contributed by atoms with Gasteiger partial charge in [0.2, 0.25) is 0 Å². The van der Waals surface area contributed by atoms with Crippen LogP contribution in [-0.2, 0) is 0 Å². The van der Waals surface area contributed by atoms with Gasteiger partial charge in [-0.15, -0.1) is 0 Å². The van der Waals surface area contributed by atoms with Crippen LogP contribution in [-0.4, -0.2) is 20.8 Å². The fourth-order valence-corrected chi connectivity index (χ4v) is 3.09. The van der Waals surface area contributed by atoms with Gasteiger partial charge < -0.3 is 15.8 Å². The van der Waals surface area contributed by atoms with E-state index in [-0.39, 0.29) is 11.7 Å². The lowest BCUT2D eigenvalue weighted by atomic mass is 10.1. The fourth-order valence-electron chi connectivity index (χ4n) is 3.09. The van der Waals surface area contributed by atoms with Gasteiger partial charge in [-0.3, -0.25) is 5.32 Å². The number of anilines is 3. The van der Waals surface area contributed by atoms with Crippen molar-refractivity contribution in [3.8, 4) is 17.2 Å². The highest BCUT2D eigenvalue weighted by Gasteiger charge is 2.15. The lowest BCUT2D eigenvalue weighted by molar-refractivity contribution is 0.262. The number of ether oxygens (including phenoxy) is 1. The molecule has 0 aliphatic carbocycles. The van der Waals surface area contributed by atoms with E-state index in [0.717, 1.165) is 5.69 Å². The number of hydrogen-bond acceptors (Lipinski definition) is 5. The molecule has 0 aliphatic heterocycles. The number of halogens is 1. The highest BCUT2D eigenvalue weighted by atomic mass is 19.1. The molecule has 9 heteroatoms. The Kier molecular flexibility index (Phi) is 6.21. The first-order chi connectivity index (χ1) is 15.9. The van der Waals surface area contributed by atoms with Crippen LogP contribution < -0.4 is 21.1 Å². The minimum Gasteiger partial charge on any atom is -0.457 e. The summed E-state index contributed by atoms with van der Waals surface area (Å²) in [5.74, 6) is 1.68. The Morgan fingerprint density at radius 3 is 2.52 bits per heavy atom. The average Bonchev–Trinajstić information content (AvgIpc) is 3.19. The van der Waals surface area contributed by atoms with Gasteiger partial charge in [-0.25, -0.2) is 18.9 Å². The molecule has 0 fully saturated rings. The molecule has 0 radical (unpaired) electrons. The molecule has 0 aliphatic rings. The largest absolute Gasteiger partial charge is 0.457 e. The van der Waals surface area contributed by atoms with E-state index in [0.29, 0.717) is 34.5 Å². The van der Waals surface area contributed by atoms with E-state index < -0.39 is 6.03 Å². The number of benzene rings is 2. The van der Waals surface area contributed by atoms with Gasteiger partial charge >= 0.3 is 6.03 Å². The van der Waals surface area contributed by atoms with Crippen LogP contribution in [0.2, 0.25) is 0 Å². The van der Waals surface area contributed by atoms with E-state index in [9.17, 15) is 9.18 Å². The number of aromatic nitrogens is 3. The van der Waals surface area contributed by atoms with Gasteiger partial charge in [0.1, 0.15) is 29.0 Å². The van der Waals surface area contributed by atoms with Crippen LogP contribution in [0, 0.1) is 5.82 Å². The average molecular weight is 446 g/mol. The maximum absolute atomic E-state index is 13.7. The zero-order valence-corrected chi connectivity index (χ0v) is 18.1. The molecular weight excluding hydrogens is 423 g/mol. The van der Waals surface area contributed by atoms with E-state index in [4.69, 9.17) is 10.5 Å². The third-order valence-electron chi connectivity index (χ3n) is 4.71. The molecule has 2 heterocycles. The molecule has 0 saturated heterocycles. The quantitative estimate of drug-likeness (QED) is 0.360. The minimum atomic E-state index is -0.460. The first kappa shape index (κ1) is 21.8. The minimum absolute atomic E-state index is 0.131. The van der Waals surface area contributed by atoms with Crippen LogP contribution in [0.3, 0.4) is 0 Å². The zero-order chi connectivity index (χ0) is 23.4. The standard InChI is InChI=1S/C24H23FN6O2/c1-15(2)21-14-23(31(30-21)18-5-3-4-16(25)12-18)29-24(32)28-17-6-8-19(9-7-17)33-20-10-11-27-22(26)13-20/h3-15H,1-2H3,(H2,26,27)(H2,28,29,32). The molecule has 8 nitrogen and oxygen atoms in total. The van der Waals surface area contributed by atoms with Crippen LogP contribution in [0.5, 0.6) is 11.5 Å². The Morgan fingerprint density at radius 1 is 1.03 bits per heavy atom. The van der Waals surface area contributed by atoms with E-state index in [2.05, 4.69) is 20.7 Å². The molecule has 0 unspecified atom stereocenters. The third kappa shape index (κ3) is 5.45. The SMILES string of the molecule is CC(C)c1cc(NC(=O)Nc2ccc(Oc3ccnc(N)c3)cc2)n(-c2cccc(F)c2)n1. The fraction of sp³-hybridized carbons (Fsp3) is 0.125. The van der Waals surface area contributed by atoms with Gasteiger partial charge in [0.25, 0.3) is 0 Å². The molecule has 4 rings (SSSR count). The van der Waals surface area contributed by atoms with Crippen molar-refractivity contribution in [1.29, 1.82) is 0 Å². The van der Waals surface area contributed by atoms with Gasteiger partial charge in [-0.2, -0.15) is 5.10 Å². The summed E-state index contributed by atoms with van der Waals surface area (Å²) in [6.45, 7) is 3.98. The van der Waals surface area contributed by atoms with Crippen LogP contribution in [0.25, 0.3) is 5.69 Å². The van der Waals surface area contributed by atoms with Crippen molar-refractivity contribution in [1.82, 2.24) is 14.8 Å². The Bertz CT molecular complexity index is 1270. The predicted octanol–water partition coefficient (Wildman–Crippen LogP) is 5.55. The summed E-state index contributed by atoms with van der Waals surface area (Å²) in [5.41, 5.74) is 7.50. The van der Waals surface area contributed by atoms with E-state index >= 15 is 0 Å². The maximum Gasteiger partial charge on any atom is 0.324 e. The Labute approximate surface area is 190 Å². The highest BCUT2D eigenvalue weighted by molar-refractivity contribution is 5.99. The van der Waals surface area contributed by atoms with Gasteiger partial charge in [0, 0.05) is 24.0 Å². The van der Waals surface area contributed by atoms with Crippen molar-refractivity contribution in [2.24, 2.45) is 0 Å². The van der Waals surface area contributed by atoms with E-state index in [1.54, 1.807) is 60.8 Å². The summed E-state index contributed by atoms with van der Waals surface area (Å²) in [4.78, 5) is 16.6. The number of carbonyl (C=O) groups is 1. The molecule has 4 N–H and O–H groups in total. The van der Waals surface area contributed by atoms with Crippen molar-refractivity contribution in [3.63, 3.8) is 0 Å². The van der Waals surface area contributed by atoms with Gasteiger partial charge in [0.05, 0.1) is 11.4 Å². The van der Waals surface area contributed by atoms with Gasteiger partial charge in [-0.05, 0) is 54.4 Å². The van der Waals surface area contributed by atoms with Crippen molar-refractivity contribution in [2.75, 3.05) is 16.4 Å². The monoisotopic (exact) mass is 446 g/mol. The first-order valence-corrected chi connectivity index (χ1v) is 10.3. The Balaban J connectivity index is 1.46. The molecule has 0 bridgehead atoms. The van der Waals surface area contributed by atoms with Gasteiger partial charge in [0.15, 0.2) is 0 Å². The number of urea groups is 1. The smallest absolute Gasteiger partial charge is 0.324 e. The van der Waals surface area contributed by atoms with E-state index in [1.165, 1.54) is 16.8 Å². The van der Waals surface area contributed by atoms with Crippen molar-refractivity contribution < 1.29 is 13.9 Å². The topological polar surface area (TPSA) is 107 Å². The van der Waals surface area contributed by atoms with Crippen molar-refractivity contribution >= 4 is 23.4 Å². The Morgan fingerprint density at radius 2 is 1.82 bits per heavy atom. The van der Waals surface area contributed by atoms with Crippen LogP contribution >= 0.6 is 0 Å². The molecular formula is C24H23FN6O2. The summed E-state index contributed by atoms with van der Waals surface area (Å²) < 4.78 is 21.0. The number of carbonyl (C=O) groups excluding carboxylic acids is 1. The predicted molar refractivity (Wildman–Crippen MR) is 125 cm³/mol. The number of nitrogens with one attached hydrogen (secondary N) is 2. The second-order valence-electron chi connectivity index (χ2n) is 7.62. The summed E-state index contributed by atoms with van der Waals surface area (Å²) in [6, 6.07) is 17.5. The molecule has 0 saturated carbocycles. The molecule has 0 spiro atoms. The number of pyridine rings is 1. The lowest BCUT2D eigenvalue weighted by Crippen LogP contribution is -2.21. The molecule has 33 heavy (non-hydrogen) atoms. The van der Waals surface area contributed by atoms with Crippen molar-refractivity contribution in [2.45, 2.75) is 19.8 Å². The number of hydrogen-bond donors (Lipinski definition) is 3. The number of rotatable bonds is 6. The number of nitrogens with zero attached hydrogens (tertiary/aromatic N) is 3. The summed E-state index contributed by atoms with van der Waals surface area (Å²) in [6.07, 6.45) is 1.56. The van der Waals surface area contributed by atoms with E-state index in [1.807, 2.05) is 13.8 Å². The van der Waals surface area contributed by atoms with Crippen LogP contribution in [0.15, 0.2) is 72.9 Å². The van der Waals surface area contributed by atoms with Crippen LogP contribution in [0.1, 0.15) is 25.5 Å². The number of nitrogen functional groups attached to an aromatic ring is 1. The normalized spacial score (nSPS) is 10.8. The molecule has 2 amide bonds. The number of amides is 2. The first-order valence-electron chi connectivity index (χ1n) is 10.3. The lowest BCUT2D eigenvalue weighted by Gasteiger charge is -2.11.